The second kappa shape index (κ2) is 6.18. The Kier molecular flexibility index (Phi) is 4.08. The lowest BCUT2D eigenvalue weighted by atomic mass is 10.1. The van der Waals surface area contributed by atoms with Crippen LogP contribution in [0.5, 0.6) is 0 Å². The van der Waals surface area contributed by atoms with Gasteiger partial charge >= 0.3 is 0 Å². The van der Waals surface area contributed by atoms with E-state index in [1.165, 1.54) is 24.4 Å². The third-order valence-corrected chi connectivity index (χ3v) is 3.54. The van der Waals surface area contributed by atoms with Crippen molar-refractivity contribution in [3.05, 3.63) is 64.8 Å². The van der Waals surface area contributed by atoms with Gasteiger partial charge in [0.2, 0.25) is 0 Å². The van der Waals surface area contributed by atoms with E-state index in [0.29, 0.717) is 22.2 Å². The average molecular weight is 332 g/mol. The summed E-state index contributed by atoms with van der Waals surface area (Å²) in [5.41, 5.74) is 1.98. The minimum Gasteiger partial charge on any atom is -0.355 e. The Morgan fingerprint density at radius 2 is 2.00 bits per heavy atom. The van der Waals surface area contributed by atoms with E-state index in [1.807, 2.05) is 0 Å². The summed E-state index contributed by atoms with van der Waals surface area (Å²) in [5.74, 6) is -0.414. The number of benzene rings is 1. The van der Waals surface area contributed by atoms with Crippen molar-refractivity contribution in [2.24, 2.45) is 0 Å². The highest BCUT2D eigenvalue weighted by atomic mass is 35.5. The van der Waals surface area contributed by atoms with Crippen molar-refractivity contribution in [2.75, 3.05) is 5.32 Å². The fraction of sp³-hybridized carbons (Fsp3) is 0.0625. The first-order chi connectivity index (χ1) is 11.0. The molecule has 0 aliphatic carbocycles. The third-order valence-electron chi connectivity index (χ3n) is 3.14. The van der Waals surface area contributed by atoms with Gasteiger partial charge in [-0.1, -0.05) is 16.8 Å². The van der Waals surface area contributed by atoms with Crippen LogP contribution in [0.3, 0.4) is 0 Å². The van der Waals surface area contributed by atoms with E-state index >= 15 is 0 Å². The average Bonchev–Trinajstić information content (AvgIpc) is 3.02. The summed E-state index contributed by atoms with van der Waals surface area (Å²) in [6.45, 7) is 1.79. The van der Waals surface area contributed by atoms with Gasteiger partial charge in [-0.05, 0) is 42.8 Å². The predicted molar refractivity (Wildman–Crippen MR) is 83.8 cm³/mol. The number of hydrogen-bond acceptors (Lipinski definition) is 4. The lowest BCUT2D eigenvalue weighted by molar-refractivity contribution is 0.101. The largest absolute Gasteiger partial charge is 0.355 e. The van der Waals surface area contributed by atoms with Gasteiger partial charge in [-0.15, -0.1) is 0 Å². The fourth-order valence-corrected chi connectivity index (χ4v) is 2.06. The number of carbonyl (C=O) groups is 1. The lowest BCUT2D eigenvalue weighted by Gasteiger charge is -2.04. The first-order valence-electron chi connectivity index (χ1n) is 6.69. The minimum atomic E-state index is -0.439. The van der Waals surface area contributed by atoms with Crippen LogP contribution in [-0.4, -0.2) is 16.0 Å². The van der Waals surface area contributed by atoms with Crippen LogP contribution in [0.1, 0.15) is 16.1 Å². The topological polar surface area (TPSA) is 68.0 Å². The molecule has 1 aromatic carbocycles. The Bertz CT molecular complexity index is 862. The van der Waals surface area contributed by atoms with Gasteiger partial charge < -0.3 is 9.84 Å². The lowest BCUT2D eigenvalue weighted by Crippen LogP contribution is -2.12. The number of anilines is 1. The molecule has 2 heterocycles. The predicted octanol–water partition coefficient (Wildman–Crippen LogP) is 4.09. The summed E-state index contributed by atoms with van der Waals surface area (Å²) in [6, 6.07) is 8.89. The van der Waals surface area contributed by atoms with E-state index in [9.17, 15) is 9.18 Å². The van der Waals surface area contributed by atoms with Crippen LogP contribution in [0.2, 0.25) is 5.15 Å². The maximum absolute atomic E-state index is 12.9. The Labute approximate surface area is 136 Å². The smallest absolute Gasteiger partial charge is 0.277 e. The van der Waals surface area contributed by atoms with Crippen LogP contribution in [0.25, 0.3) is 11.3 Å². The summed E-state index contributed by atoms with van der Waals surface area (Å²) in [4.78, 5) is 16.1. The molecule has 0 atom stereocenters. The molecule has 0 aliphatic heterocycles. The zero-order chi connectivity index (χ0) is 16.4. The zero-order valence-corrected chi connectivity index (χ0v) is 12.8. The number of amides is 1. The number of aromatic nitrogens is 2. The van der Waals surface area contributed by atoms with Gasteiger partial charge in [0.15, 0.2) is 11.5 Å². The molecule has 7 heteroatoms. The summed E-state index contributed by atoms with van der Waals surface area (Å²) in [7, 11) is 0. The van der Waals surface area contributed by atoms with Crippen molar-refractivity contribution in [3.63, 3.8) is 0 Å². The maximum Gasteiger partial charge on any atom is 0.277 e. The van der Waals surface area contributed by atoms with E-state index in [1.54, 1.807) is 25.1 Å². The van der Waals surface area contributed by atoms with E-state index < -0.39 is 5.91 Å². The summed E-state index contributed by atoms with van der Waals surface area (Å²) in [5, 5.41) is 6.76. The van der Waals surface area contributed by atoms with Crippen LogP contribution >= 0.6 is 11.6 Å². The van der Waals surface area contributed by atoms with Crippen molar-refractivity contribution in [1.82, 2.24) is 10.1 Å². The summed E-state index contributed by atoms with van der Waals surface area (Å²) in [6.07, 6.45) is 1.45. The Balaban J connectivity index is 1.78. The number of nitrogens with zero attached hydrogens (tertiary/aromatic N) is 2. The first-order valence-corrected chi connectivity index (χ1v) is 7.07. The molecule has 0 unspecified atom stereocenters. The highest BCUT2D eigenvalue weighted by molar-refractivity contribution is 6.30. The molecule has 116 valence electrons. The standard InChI is InChI=1S/C16H11ClFN3O2/c1-9-6-12(8-19-15(9)17)20-16(22)13-7-14(23-21-13)10-2-4-11(18)5-3-10/h2-8H,1H3,(H,20,22). The molecule has 1 N–H and O–H groups in total. The van der Waals surface area contributed by atoms with E-state index in [4.69, 9.17) is 16.1 Å². The van der Waals surface area contributed by atoms with Crippen LogP contribution < -0.4 is 5.32 Å². The molecule has 23 heavy (non-hydrogen) atoms. The fourth-order valence-electron chi connectivity index (χ4n) is 1.95. The molecule has 0 fully saturated rings. The molecule has 0 radical (unpaired) electrons. The first kappa shape index (κ1) is 15.2. The number of carbonyl (C=O) groups excluding carboxylic acids is 1. The van der Waals surface area contributed by atoms with Crippen molar-refractivity contribution < 1.29 is 13.7 Å². The second-order valence-corrected chi connectivity index (χ2v) is 5.23. The number of nitrogens with one attached hydrogen (secondary N) is 1. The molecule has 3 rings (SSSR count). The number of halogens is 2. The molecule has 0 spiro atoms. The number of hydrogen-bond donors (Lipinski definition) is 1. The summed E-state index contributed by atoms with van der Waals surface area (Å²) >= 11 is 5.84. The van der Waals surface area contributed by atoms with Gasteiger partial charge in [-0.3, -0.25) is 4.79 Å². The normalized spacial score (nSPS) is 10.6. The molecule has 0 saturated heterocycles. The second-order valence-electron chi connectivity index (χ2n) is 4.87. The molecule has 0 saturated carbocycles. The molecule has 5 nitrogen and oxygen atoms in total. The number of aryl methyl sites for hydroxylation is 1. The van der Waals surface area contributed by atoms with Gasteiger partial charge in [0, 0.05) is 11.6 Å². The molecule has 1 amide bonds. The van der Waals surface area contributed by atoms with Gasteiger partial charge in [0.1, 0.15) is 11.0 Å². The van der Waals surface area contributed by atoms with E-state index in [2.05, 4.69) is 15.5 Å². The monoisotopic (exact) mass is 331 g/mol. The zero-order valence-electron chi connectivity index (χ0n) is 12.0. The Hall–Kier alpha value is -2.73. The van der Waals surface area contributed by atoms with Crippen molar-refractivity contribution in [3.8, 4) is 11.3 Å². The van der Waals surface area contributed by atoms with E-state index in [0.717, 1.165) is 5.56 Å². The van der Waals surface area contributed by atoms with Crippen LogP contribution in [-0.2, 0) is 0 Å². The number of rotatable bonds is 3. The summed E-state index contributed by atoms with van der Waals surface area (Å²) < 4.78 is 18.0. The van der Waals surface area contributed by atoms with E-state index in [-0.39, 0.29) is 11.5 Å². The minimum absolute atomic E-state index is 0.108. The van der Waals surface area contributed by atoms with Gasteiger partial charge in [0.05, 0.1) is 11.9 Å². The van der Waals surface area contributed by atoms with Crippen LogP contribution in [0.4, 0.5) is 10.1 Å². The van der Waals surface area contributed by atoms with Crippen molar-refractivity contribution in [1.29, 1.82) is 0 Å². The molecular weight excluding hydrogens is 321 g/mol. The molecular formula is C16H11ClFN3O2. The Morgan fingerprint density at radius 3 is 2.70 bits per heavy atom. The number of pyridine rings is 1. The van der Waals surface area contributed by atoms with Gasteiger partial charge in [-0.2, -0.15) is 0 Å². The third kappa shape index (κ3) is 3.37. The molecule has 0 aliphatic rings. The maximum atomic E-state index is 12.9. The quantitative estimate of drug-likeness (QED) is 0.734. The molecule has 2 aromatic heterocycles. The van der Waals surface area contributed by atoms with Gasteiger partial charge in [0.25, 0.3) is 5.91 Å². The van der Waals surface area contributed by atoms with Crippen LogP contribution in [0.15, 0.2) is 47.1 Å². The highest BCUT2D eigenvalue weighted by Crippen LogP contribution is 2.21. The van der Waals surface area contributed by atoms with Gasteiger partial charge in [-0.25, -0.2) is 9.37 Å². The SMILES string of the molecule is Cc1cc(NC(=O)c2cc(-c3ccc(F)cc3)on2)cnc1Cl. The molecule has 3 aromatic rings. The Morgan fingerprint density at radius 1 is 1.26 bits per heavy atom. The van der Waals surface area contributed by atoms with Crippen molar-refractivity contribution in [2.45, 2.75) is 6.92 Å². The molecule has 0 bridgehead atoms. The van der Waals surface area contributed by atoms with Crippen LogP contribution in [0, 0.1) is 12.7 Å². The van der Waals surface area contributed by atoms with Crippen molar-refractivity contribution >= 4 is 23.2 Å². The highest BCUT2D eigenvalue weighted by Gasteiger charge is 2.14.